The molecule has 0 saturated heterocycles. The zero-order chi connectivity index (χ0) is 9.89. The minimum absolute atomic E-state index is 0. The van der Waals surface area contributed by atoms with Crippen LogP contribution < -0.4 is 0 Å². The van der Waals surface area contributed by atoms with E-state index in [1.165, 1.54) is 27.8 Å². The summed E-state index contributed by atoms with van der Waals surface area (Å²) in [6, 6.07) is 0. The van der Waals surface area contributed by atoms with Gasteiger partial charge in [-0.2, -0.15) is 27.8 Å². The normalized spacial score (nSPS) is 7.27. The second kappa shape index (κ2) is 10.2. The summed E-state index contributed by atoms with van der Waals surface area (Å²) in [5, 5.41) is 0. The predicted molar refractivity (Wildman–Crippen MR) is 65.3 cm³/mol. The van der Waals surface area contributed by atoms with Crippen LogP contribution in [0.3, 0.4) is 0 Å². The van der Waals surface area contributed by atoms with Crippen LogP contribution in [0.15, 0.2) is 0 Å². The van der Waals surface area contributed by atoms with E-state index in [2.05, 4.69) is 34.6 Å². The molecule has 0 amide bonds. The maximum atomic E-state index is 7.25. The summed E-state index contributed by atoms with van der Waals surface area (Å²) in [4.78, 5) is 7.25. The molecule has 2 nitrogen and oxygen atoms in total. The summed E-state index contributed by atoms with van der Waals surface area (Å²) in [5.41, 5.74) is 13.1. The van der Waals surface area contributed by atoms with Crippen LogP contribution in [0, 0.1) is 54.4 Å². The van der Waals surface area contributed by atoms with E-state index in [4.69, 9.17) is 10.5 Å². The van der Waals surface area contributed by atoms with Gasteiger partial charge in [-0.15, -0.1) is 0 Å². The number of rotatable bonds is 0. The Morgan fingerprint density at radius 3 is 1.13 bits per heavy atom. The van der Waals surface area contributed by atoms with Crippen LogP contribution in [-0.2, 0) is 21.1 Å². The van der Waals surface area contributed by atoms with Crippen molar-refractivity contribution in [2.24, 2.45) is 0 Å². The quantitative estimate of drug-likeness (QED) is 0.624. The first-order valence-corrected chi connectivity index (χ1v) is 3.93. The topological polar surface area (TPSA) is 39.4 Å². The zero-order valence-corrected chi connectivity index (χ0v) is 13.7. The molecule has 0 aliphatic rings. The Labute approximate surface area is 109 Å². The average Bonchev–Trinajstić information content (AvgIpc) is 2.27. The van der Waals surface area contributed by atoms with Crippen molar-refractivity contribution in [1.29, 1.82) is 0 Å². The van der Waals surface area contributed by atoms with Gasteiger partial charge in [0, 0.05) is 21.1 Å². The molecule has 0 aliphatic carbocycles. The SMILES string of the molecule is Cc1c(C)c(C)[c-](C)c1C.[CH3-].[CH3-].[N-]=O.[W]. The molecule has 0 heterocycles. The molecule has 0 spiro atoms. The number of hydrogen-bond donors (Lipinski definition) is 0. The molecule has 0 unspecified atom stereocenters. The van der Waals surface area contributed by atoms with Crippen molar-refractivity contribution in [3.05, 3.63) is 53.2 Å². The molecule has 1 aromatic carbocycles. The summed E-state index contributed by atoms with van der Waals surface area (Å²) in [6.07, 6.45) is 0. The van der Waals surface area contributed by atoms with Crippen molar-refractivity contribution >= 4 is 0 Å². The maximum Gasteiger partial charge on any atom is 0 e. The summed E-state index contributed by atoms with van der Waals surface area (Å²) in [7, 11) is 0. The third kappa shape index (κ3) is 4.79. The van der Waals surface area contributed by atoms with Crippen molar-refractivity contribution in [2.75, 3.05) is 0 Å². The first-order valence-electron chi connectivity index (χ1n) is 3.93. The Balaban J connectivity index is -0.000000114. The third-order valence-electron chi connectivity index (χ3n) is 2.81. The number of hydrogen-bond acceptors (Lipinski definition) is 1. The Morgan fingerprint density at radius 1 is 0.867 bits per heavy atom. The number of nitroso groups, excluding NO2 is 1. The smallest absolute Gasteiger partial charge is 0 e. The van der Waals surface area contributed by atoms with Gasteiger partial charge in [0.05, 0.1) is 0 Å². The van der Waals surface area contributed by atoms with Crippen molar-refractivity contribution in [1.82, 2.24) is 0 Å². The van der Waals surface area contributed by atoms with E-state index in [-0.39, 0.29) is 35.9 Å². The van der Waals surface area contributed by atoms with Gasteiger partial charge in [-0.05, 0) is 0 Å². The molecule has 90 valence electrons. The van der Waals surface area contributed by atoms with Crippen LogP contribution >= 0.6 is 0 Å². The predicted octanol–water partition coefficient (Wildman–Crippen LogP) is 4.17. The Bertz CT molecular complexity index is 199. The second-order valence-electron chi connectivity index (χ2n) is 3.12. The van der Waals surface area contributed by atoms with Crippen LogP contribution in [0.5, 0.6) is 0 Å². The zero-order valence-electron chi connectivity index (χ0n) is 10.8. The molecule has 0 aromatic heterocycles. The molecule has 0 atom stereocenters. The molecule has 0 aliphatic heterocycles. The monoisotopic (exact) mass is 379 g/mol. The van der Waals surface area contributed by atoms with Crippen molar-refractivity contribution < 1.29 is 21.1 Å². The molecule has 1 rings (SSSR count). The summed E-state index contributed by atoms with van der Waals surface area (Å²) in [6.45, 7) is 11.0. The van der Waals surface area contributed by atoms with E-state index < -0.39 is 0 Å². The van der Waals surface area contributed by atoms with Crippen LogP contribution in [-0.4, -0.2) is 0 Å². The van der Waals surface area contributed by atoms with Gasteiger partial charge in [0.25, 0.3) is 0 Å². The molecule has 0 N–H and O–H groups in total. The van der Waals surface area contributed by atoms with Gasteiger partial charge in [0.15, 0.2) is 0 Å². The molecule has 1 aromatic rings. The molecule has 15 heavy (non-hydrogen) atoms. The fourth-order valence-electron chi connectivity index (χ4n) is 1.41. The van der Waals surface area contributed by atoms with Gasteiger partial charge >= 0.3 is 0 Å². The summed E-state index contributed by atoms with van der Waals surface area (Å²) in [5.74, 6) is 0. The van der Waals surface area contributed by atoms with Gasteiger partial charge in [0.2, 0.25) is 0 Å². The van der Waals surface area contributed by atoms with E-state index in [0.717, 1.165) is 0 Å². The Hall–Kier alpha value is -0.362. The largest absolute Gasteiger partial charge is 0.577 e. The van der Waals surface area contributed by atoms with Crippen molar-refractivity contribution in [3.63, 3.8) is 0 Å². The van der Waals surface area contributed by atoms with Crippen molar-refractivity contribution in [3.8, 4) is 0 Å². The maximum absolute atomic E-state index is 7.25. The molecular formula is C12H21NOW-4. The van der Waals surface area contributed by atoms with Gasteiger partial charge < -0.3 is 25.4 Å². The molecule has 3 heteroatoms. The molecule has 0 saturated carbocycles. The van der Waals surface area contributed by atoms with Crippen LogP contribution in [0.4, 0.5) is 0 Å². The van der Waals surface area contributed by atoms with Gasteiger partial charge in [0.1, 0.15) is 0 Å². The first kappa shape index (κ1) is 24.1. The summed E-state index contributed by atoms with van der Waals surface area (Å²) < 4.78 is 0. The van der Waals surface area contributed by atoms with Crippen LogP contribution in [0.1, 0.15) is 27.8 Å². The standard InChI is InChI=1S/C10H15.2CH3.NO.W/c1-6-7(2)9(4)10(5)8(6)3;;;1-2;/h1-5H3;2*1H3;;/q4*-1;. The van der Waals surface area contributed by atoms with Gasteiger partial charge in [-0.25, -0.2) is 0 Å². The minimum atomic E-state index is 0. The fourth-order valence-corrected chi connectivity index (χ4v) is 1.41. The molecule has 0 fully saturated rings. The van der Waals surface area contributed by atoms with E-state index in [0.29, 0.717) is 0 Å². The van der Waals surface area contributed by atoms with Gasteiger partial charge in [-0.1, -0.05) is 34.6 Å². The summed E-state index contributed by atoms with van der Waals surface area (Å²) >= 11 is 0. The minimum Gasteiger partial charge on any atom is -0.577 e. The van der Waals surface area contributed by atoms with Gasteiger partial charge in [-0.3, -0.25) is 0 Å². The number of nitrogens with zero attached hydrogens (tertiary/aromatic N) is 1. The van der Waals surface area contributed by atoms with E-state index in [1.807, 2.05) is 0 Å². The Morgan fingerprint density at radius 2 is 1.07 bits per heavy atom. The van der Waals surface area contributed by atoms with E-state index in [1.54, 1.807) is 0 Å². The Kier molecular flexibility index (Phi) is 16.3. The van der Waals surface area contributed by atoms with E-state index >= 15 is 0 Å². The van der Waals surface area contributed by atoms with Crippen molar-refractivity contribution in [2.45, 2.75) is 34.6 Å². The van der Waals surface area contributed by atoms with Crippen LogP contribution in [0.2, 0.25) is 0 Å². The first-order chi connectivity index (χ1) is 5.55. The molecule has 0 radical (unpaired) electrons. The van der Waals surface area contributed by atoms with E-state index in [9.17, 15) is 0 Å². The third-order valence-corrected chi connectivity index (χ3v) is 2.81. The molecule has 0 bridgehead atoms. The average molecular weight is 379 g/mol. The second-order valence-corrected chi connectivity index (χ2v) is 3.12. The van der Waals surface area contributed by atoms with Crippen LogP contribution in [0.25, 0.3) is 5.59 Å². The molecular weight excluding hydrogens is 358 g/mol. The fraction of sp³-hybridized carbons (Fsp3) is 0.417.